The Kier molecular flexibility index (Phi) is 3.46. The quantitative estimate of drug-likeness (QED) is 0.694. The third-order valence-electron chi connectivity index (χ3n) is 3.41. The largest absolute Gasteiger partial charge is 0.295 e. The molecule has 0 heterocycles. The van der Waals surface area contributed by atoms with Crippen molar-refractivity contribution >= 4 is 11.4 Å². The summed E-state index contributed by atoms with van der Waals surface area (Å²) in [6, 6.07) is 5.46. The first-order valence-electron chi connectivity index (χ1n) is 6.18. The zero-order chi connectivity index (χ0) is 13.3. The number of aryl methyl sites for hydroxylation is 1. The summed E-state index contributed by atoms with van der Waals surface area (Å²) < 4.78 is 14.2. The van der Waals surface area contributed by atoms with Crippen LogP contribution in [0, 0.1) is 6.92 Å². The molecule has 0 radical (unpaired) electrons. The van der Waals surface area contributed by atoms with Gasteiger partial charge in [0.25, 0.3) is 0 Å². The normalized spacial score (nSPS) is 15.7. The molecule has 0 amide bonds. The van der Waals surface area contributed by atoms with Crippen molar-refractivity contribution in [3.63, 3.8) is 0 Å². The molecule has 18 heavy (non-hydrogen) atoms. The average Bonchev–Trinajstić information content (AvgIpc) is 2.33. The van der Waals surface area contributed by atoms with Crippen LogP contribution in [0.25, 0.3) is 5.57 Å². The van der Waals surface area contributed by atoms with Gasteiger partial charge >= 0.3 is 0 Å². The van der Waals surface area contributed by atoms with Gasteiger partial charge in [0.2, 0.25) is 0 Å². The van der Waals surface area contributed by atoms with Crippen molar-refractivity contribution in [2.24, 2.45) is 0 Å². The number of hydrogen-bond donors (Lipinski definition) is 0. The van der Waals surface area contributed by atoms with E-state index in [2.05, 4.69) is 0 Å². The number of halogens is 1. The Morgan fingerprint density at radius 3 is 2.67 bits per heavy atom. The summed E-state index contributed by atoms with van der Waals surface area (Å²) in [6.45, 7) is 5.30. The molecule has 0 N–H and O–H groups in total. The van der Waals surface area contributed by atoms with Crippen LogP contribution in [-0.2, 0) is 0 Å². The van der Waals surface area contributed by atoms with Crippen LogP contribution in [-0.4, -0.2) is 5.78 Å². The standard InChI is InChI=1S/C16H17FO/c1-10-7-8-13(12(3)18)9-15(10)14-6-4-5-11(2)16(14)17/h6-9H,4-5H2,1-3H3. The molecular formula is C16H17FO. The van der Waals surface area contributed by atoms with Gasteiger partial charge in [-0.15, -0.1) is 0 Å². The van der Waals surface area contributed by atoms with E-state index in [4.69, 9.17) is 0 Å². The lowest BCUT2D eigenvalue weighted by Gasteiger charge is -2.16. The van der Waals surface area contributed by atoms with Crippen molar-refractivity contribution in [1.82, 2.24) is 0 Å². The summed E-state index contributed by atoms with van der Waals surface area (Å²) in [5, 5.41) is 0. The molecule has 0 atom stereocenters. The molecule has 2 heteroatoms. The number of carbonyl (C=O) groups is 1. The lowest BCUT2D eigenvalue weighted by molar-refractivity contribution is 0.101. The second kappa shape index (κ2) is 4.89. The molecule has 0 saturated carbocycles. The molecule has 1 aromatic carbocycles. The number of ketones is 1. The van der Waals surface area contributed by atoms with Gasteiger partial charge in [0, 0.05) is 11.1 Å². The van der Waals surface area contributed by atoms with Crippen LogP contribution in [0.2, 0.25) is 0 Å². The zero-order valence-corrected chi connectivity index (χ0v) is 11.0. The van der Waals surface area contributed by atoms with E-state index < -0.39 is 0 Å². The number of rotatable bonds is 2. The van der Waals surface area contributed by atoms with Gasteiger partial charge in [-0.3, -0.25) is 4.79 Å². The van der Waals surface area contributed by atoms with Crippen LogP contribution in [0.3, 0.4) is 0 Å². The topological polar surface area (TPSA) is 17.1 Å². The first-order chi connectivity index (χ1) is 8.50. The van der Waals surface area contributed by atoms with Gasteiger partial charge in [0.1, 0.15) is 5.83 Å². The first kappa shape index (κ1) is 12.7. The summed E-state index contributed by atoms with van der Waals surface area (Å²) in [4.78, 5) is 11.4. The molecule has 1 nitrogen and oxygen atoms in total. The van der Waals surface area contributed by atoms with Crippen LogP contribution >= 0.6 is 0 Å². The van der Waals surface area contributed by atoms with E-state index in [1.165, 1.54) is 6.92 Å². The highest BCUT2D eigenvalue weighted by atomic mass is 19.1. The maximum Gasteiger partial charge on any atom is 0.159 e. The van der Waals surface area contributed by atoms with Gasteiger partial charge in [-0.05, 0) is 56.4 Å². The van der Waals surface area contributed by atoms with E-state index in [1.807, 2.05) is 26.0 Å². The van der Waals surface area contributed by atoms with Crippen LogP contribution in [0.4, 0.5) is 4.39 Å². The fourth-order valence-corrected chi connectivity index (χ4v) is 2.22. The van der Waals surface area contributed by atoms with Gasteiger partial charge in [0.05, 0.1) is 0 Å². The minimum absolute atomic E-state index is 0.00812. The summed E-state index contributed by atoms with van der Waals surface area (Å²) >= 11 is 0. The third kappa shape index (κ3) is 2.28. The molecule has 0 fully saturated rings. The molecule has 94 valence electrons. The zero-order valence-electron chi connectivity index (χ0n) is 11.0. The lowest BCUT2D eigenvalue weighted by atomic mass is 9.90. The summed E-state index contributed by atoms with van der Waals surface area (Å²) in [5.74, 6) is -0.126. The van der Waals surface area contributed by atoms with Crippen molar-refractivity contribution in [3.8, 4) is 0 Å². The second-order valence-corrected chi connectivity index (χ2v) is 4.84. The molecule has 1 aliphatic carbocycles. The Balaban J connectivity index is 2.54. The van der Waals surface area contributed by atoms with Crippen molar-refractivity contribution in [3.05, 3.63) is 52.4 Å². The van der Waals surface area contributed by atoms with Gasteiger partial charge in [-0.25, -0.2) is 4.39 Å². The van der Waals surface area contributed by atoms with Crippen molar-refractivity contribution in [1.29, 1.82) is 0 Å². The highest BCUT2D eigenvalue weighted by Gasteiger charge is 2.17. The van der Waals surface area contributed by atoms with E-state index in [9.17, 15) is 9.18 Å². The second-order valence-electron chi connectivity index (χ2n) is 4.84. The molecule has 0 saturated heterocycles. The summed E-state index contributed by atoms with van der Waals surface area (Å²) in [7, 11) is 0. The molecule has 1 aliphatic rings. The Morgan fingerprint density at radius 2 is 2.00 bits per heavy atom. The SMILES string of the molecule is CC(=O)c1ccc(C)c(C2=CCCC(C)=C2F)c1. The van der Waals surface area contributed by atoms with Crippen molar-refractivity contribution < 1.29 is 9.18 Å². The van der Waals surface area contributed by atoms with Gasteiger partial charge in [-0.2, -0.15) is 0 Å². The molecule has 0 unspecified atom stereocenters. The minimum atomic E-state index is -0.134. The van der Waals surface area contributed by atoms with Crippen LogP contribution in [0.5, 0.6) is 0 Å². The van der Waals surface area contributed by atoms with Gasteiger partial charge in [-0.1, -0.05) is 18.2 Å². The fourth-order valence-electron chi connectivity index (χ4n) is 2.22. The number of hydrogen-bond acceptors (Lipinski definition) is 1. The van der Waals surface area contributed by atoms with Crippen LogP contribution < -0.4 is 0 Å². The number of allylic oxidation sites excluding steroid dienone is 4. The van der Waals surface area contributed by atoms with E-state index in [1.54, 1.807) is 12.1 Å². The van der Waals surface area contributed by atoms with E-state index >= 15 is 0 Å². The number of benzene rings is 1. The highest BCUT2D eigenvalue weighted by Crippen LogP contribution is 2.34. The summed E-state index contributed by atoms with van der Waals surface area (Å²) in [5.41, 5.74) is 3.89. The Labute approximate surface area is 107 Å². The third-order valence-corrected chi connectivity index (χ3v) is 3.41. The lowest BCUT2D eigenvalue weighted by Crippen LogP contribution is -2.00. The maximum absolute atomic E-state index is 14.2. The van der Waals surface area contributed by atoms with Crippen molar-refractivity contribution in [2.75, 3.05) is 0 Å². The molecule has 0 aromatic heterocycles. The predicted molar refractivity (Wildman–Crippen MR) is 72.2 cm³/mol. The molecule has 1 aromatic rings. The Bertz CT molecular complexity index is 564. The van der Waals surface area contributed by atoms with Crippen molar-refractivity contribution in [2.45, 2.75) is 33.6 Å². The smallest absolute Gasteiger partial charge is 0.159 e. The molecule has 0 bridgehead atoms. The van der Waals surface area contributed by atoms with E-state index in [-0.39, 0.29) is 11.6 Å². The Morgan fingerprint density at radius 1 is 1.28 bits per heavy atom. The maximum atomic E-state index is 14.2. The van der Waals surface area contributed by atoms with Gasteiger partial charge in [0.15, 0.2) is 5.78 Å². The highest BCUT2D eigenvalue weighted by molar-refractivity contribution is 5.95. The Hall–Kier alpha value is -1.70. The molecule has 2 rings (SSSR count). The van der Waals surface area contributed by atoms with Gasteiger partial charge < -0.3 is 0 Å². The number of Topliss-reactive ketones (excluding diaryl/α,β-unsaturated/α-hetero) is 1. The van der Waals surface area contributed by atoms with Crippen LogP contribution in [0.1, 0.15) is 48.2 Å². The fraction of sp³-hybridized carbons (Fsp3) is 0.312. The van der Waals surface area contributed by atoms with Crippen LogP contribution in [0.15, 0.2) is 35.7 Å². The minimum Gasteiger partial charge on any atom is -0.295 e. The predicted octanol–water partition coefficient (Wildman–Crippen LogP) is 4.62. The molecule has 0 spiro atoms. The van der Waals surface area contributed by atoms with E-state index in [0.29, 0.717) is 11.1 Å². The molecule has 0 aliphatic heterocycles. The monoisotopic (exact) mass is 244 g/mol. The number of carbonyl (C=O) groups excluding carboxylic acids is 1. The average molecular weight is 244 g/mol. The summed E-state index contributed by atoms with van der Waals surface area (Å²) in [6.07, 6.45) is 3.56. The first-order valence-corrected chi connectivity index (χ1v) is 6.18. The molecular weight excluding hydrogens is 227 g/mol. The van der Waals surface area contributed by atoms with E-state index in [0.717, 1.165) is 29.5 Å².